The van der Waals surface area contributed by atoms with E-state index in [0.29, 0.717) is 30.9 Å². The largest absolute Gasteiger partial charge is 0.353 e. The predicted octanol–water partition coefficient (Wildman–Crippen LogP) is 3.68. The summed E-state index contributed by atoms with van der Waals surface area (Å²) in [5.41, 5.74) is -0.447. The van der Waals surface area contributed by atoms with Crippen LogP contribution in [0.2, 0.25) is 5.28 Å². The quantitative estimate of drug-likeness (QED) is 0.717. The molecule has 1 aromatic heterocycles. The summed E-state index contributed by atoms with van der Waals surface area (Å²) in [6.45, 7) is 5.42. The van der Waals surface area contributed by atoms with Crippen LogP contribution >= 0.6 is 11.6 Å². The molecule has 0 bridgehead atoms. The molecule has 134 valence electrons. The minimum absolute atomic E-state index is 0.0138. The molecular formula is C17H18ClF2N3O2. The molecule has 0 amide bonds. The number of ether oxygens (including phenoxy) is 2. The summed E-state index contributed by atoms with van der Waals surface area (Å²) in [5.74, 6) is -1.66. The first kappa shape index (κ1) is 16.9. The Morgan fingerprint density at radius 3 is 2.76 bits per heavy atom. The number of anilines is 1. The van der Waals surface area contributed by atoms with E-state index in [1.807, 2.05) is 18.7 Å². The lowest BCUT2D eigenvalue weighted by Gasteiger charge is -2.40. The molecule has 2 aliphatic heterocycles. The molecule has 2 fully saturated rings. The Kier molecular flexibility index (Phi) is 3.86. The van der Waals surface area contributed by atoms with Crippen molar-refractivity contribution in [3.05, 3.63) is 29.1 Å². The maximum Gasteiger partial charge on any atom is 0.225 e. The molecule has 1 aromatic carbocycles. The van der Waals surface area contributed by atoms with Crippen LogP contribution in [0.25, 0.3) is 10.9 Å². The molecule has 0 N–H and O–H groups in total. The number of fused-ring (bicyclic) bond motifs is 1. The van der Waals surface area contributed by atoms with Crippen molar-refractivity contribution in [3.8, 4) is 0 Å². The van der Waals surface area contributed by atoms with Crippen LogP contribution in [0.15, 0.2) is 12.1 Å². The molecule has 0 aliphatic carbocycles. The number of hydrogen-bond donors (Lipinski definition) is 0. The van der Waals surface area contributed by atoms with Crippen LogP contribution in [0.3, 0.4) is 0 Å². The first-order valence-electron chi connectivity index (χ1n) is 8.18. The van der Waals surface area contributed by atoms with E-state index < -0.39 is 23.0 Å². The van der Waals surface area contributed by atoms with Gasteiger partial charge in [-0.3, -0.25) is 0 Å². The fraction of sp³-hybridized carbons (Fsp3) is 0.529. The number of benzene rings is 1. The number of nitrogens with zero attached hydrogens (tertiary/aromatic N) is 3. The number of rotatable bonds is 1. The smallest absolute Gasteiger partial charge is 0.225 e. The Bertz CT molecular complexity index is 848. The lowest BCUT2D eigenvalue weighted by atomic mass is 9.93. The summed E-state index contributed by atoms with van der Waals surface area (Å²) < 4.78 is 39.7. The third-order valence-electron chi connectivity index (χ3n) is 4.66. The van der Waals surface area contributed by atoms with Crippen molar-refractivity contribution in [1.82, 2.24) is 9.97 Å². The fourth-order valence-electron chi connectivity index (χ4n) is 3.72. The van der Waals surface area contributed by atoms with E-state index in [2.05, 4.69) is 9.97 Å². The Balaban J connectivity index is 1.77. The van der Waals surface area contributed by atoms with Crippen LogP contribution < -0.4 is 4.90 Å². The van der Waals surface area contributed by atoms with Gasteiger partial charge in [-0.15, -0.1) is 0 Å². The highest BCUT2D eigenvalue weighted by molar-refractivity contribution is 6.28. The van der Waals surface area contributed by atoms with Crippen molar-refractivity contribution >= 4 is 28.3 Å². The van der Waals surface area contributed by atoms with E-state index in [-0.39, 0.29) is 10.8 Å². The van der Waals surface area contributed by atoms with E-state index in [1.54, 1.807) is 0 Å². The first-order chi connectivity index (χ1) is 11.8. The maximum atomic E-state index is 14.1. The third-order valence-corrected chi connectivity index (χ3v) is 4.82. The number of hydrogen-bond acceptors (Lipinski definition) is 5. The van der Waals surface area contributed by atoms with E-state index in [4.69, 9.17) is 21.1 Å². The zero-order valence-electron chi connectivity index (χ0n) is 14.0. The van der Waals surface area contributed by atoms with Crippen molar-refractivity contribution in [3.63, 3.8) is 0 Å². The van der Waals surface area contributed by atoms with Crippen LogP contribution in [0.4, 0.5) is 14.6 Å². The predicted molar refractivity (Wildman–Crippen MR) is 89.8 cm³/mol. The van der Waals surface area contributed by atoms with Gasteiger partial charge in [0.25, 0.3) is 0 Å². The van der Waals surface area contributed by atoms with Gasteiger partial charge in [0.2, 0.25) is 5.28 Å². The van der Waals surface area contributed by atoms with E-state index in [0.717, 1.165) is 18.9 Å². The molecule has 5 nitrogen and oxygen atoms in total. The third kappa shape index (κ3) is 3.05. The average Bonchev–Trinajstić information content (AvgIpc) is 2.82. The Hall–Kier alpha value is -1.57. The molecule has 2 saturated heterocycles. The normalized spacial score (nSPS) is 25.9. The molecule has 0 saturated carbocycles. The Morgan fingerprint density at radius 1 is 1.24 bits per heavy atom. The Labute approximate surface area is 148 Å². The van der Waals surface area contributed by atoms with Gasteiger partial charge in [0.1, 0.15) is 22.8 Å². The van der Waals surface area contributed by atoms with Crippen molar-refractivity contribution < 1.29 is 18.3 Å². The van der Waals surface area contributed by atoms with Crippen molar-refractivity contribution in [2.45, 2.75) is 38.1 Å². The summed E-state index contributed by atoms with van der Waals surface area (Å²) in [5, 5.41) is 0.230. The van der Waals surface area contributed by atoms with Gasteiger partial charge in [0, 0.05) is 18.0 Å². The van der Waals surface area contributed by atoms with Crippen LogP contribution in [-0.4, -0.2) is 41.1 Å². The molecule has 2 aliphatic rings. The maximum absolute atomic E-state index is 14.1. The molecule has 4 rings (SSSR count). The van der Waals surface area contributed by atoms with E-state index in [1.165, 1.54) is 6.07 Å². The summed E-state index contributed by atoms with van der Waals surface area (Å²) in [6.07, 6.45) is 1.70. The lowest BCUT2D eigenvalue weighted by Crippen LogP contribution is -2.51. The number of halogens is 3. The van der Waals surface area contributed by atoms with Crippen LogP contribution in [0, 0.1) is 11.6 Å². The first-order valence-corrected chi connectivity index (χ1v) is 8.56. The second-order valence-electron chi connectivity index (χ2n) is 7.10. The summed E-state index contributed by atoms with van der Waals surface area (Å²) in [4.78, 5) is 10.1. The summed E-state index contributed by atoms with van der Waals surface area (Å²) >= 11 is 5.99. The molecule has 1 unspecified atom stereocenters. The minimum Gasteiger partial charge on any atom is -0.353 e. The number of piperidine rings is 1. The van der Waals surface area contributed by atoms with Crippen LogP contribution in [0.1, 0.15) is 26.7 Å². The topological polar surface area (TPSA) is 47.5 Å². The van der Waals surface area contributed by atoms with Crippen LogP contribution in [-0.2, 0) is 9.47 Å². The van der Waals surface area contributed by atoms with Gasteiger partial charge in [-0.05, 0) is 44.4 Å². The molecule has 2 aromatic rings. The molecule has 1 spiro atoms. The lowest BCUT2D eigenvalue weighted by molar-refractivity contribution is -0.162. The van der Waals surface area contributed by atoms with Gasteiger partial charge in [-0.2, -0.15) is 4.98 Å². The van der Waals surface area contributed by atoms with Gasteiger partial charge >= 0.3 is 0 Å². The average molecular weight is 370 g/mol. The molecule has 3 heterocycles. The van der Waals surface area contributed by atoms with Gasteiger partial charge in [0.05, 0.1) is 13.2 Å². The van der Waals surface area contributed by atoms with Crippen molar-refractivity contribution in [2.75, 3.05) is 24.6 Å². The zero-order chi connectivity index (χ0) is 17.8. The monoisotopic (exact) mass is 369 g/mol. The minimum atomic E-state index is -0.756. The van der Waals surface area contributed by atoms with Gasteiger partial charge in [0.15, 0.2) is 11.6 Å². The molecule has 1 atom stereocenters. The molecular weight excluding hydrogens is 352 g/mol. The molecule has 25 heavy (non-hydrogen) atoms. The Morgan fingerprint density at radius 2 is 2.04 bits per heavy atom. The van der Waals surface area contributed by atoms with Gasteiger partial charge in [-0.25, -0.2) is 13.8 Å². The van der Waals surface area contributed by atoms with Crippen molar-refractivity contribution in [1.29, 1.82) is 0 Å². The zero-order valence-corrected chi connectivity index (χ0v) is 14.7. The van der Waals surface area contributed by atoms with Gasteiger partial charge < -0.3 is 14.4 Å². The fourth-order valence-corrected chi connectivity index (χ4v) is 3.89. The van der Waals surface area contributed by atoms with Crippen molar-refractivity contribution in [2.24, 2.45) is 0 Å². The SMILES string of the molecule is CC1(C)OCC2(CCCN(c3nc(Cl)nc4c(F)cc(F)cc34)C2)O1. The summed E-state index contributed by atoms with van der Waals surface area (Å²) in [7, 11) is 0. The standard InChI is InChI=1S/C17H18ClF2N3O2/c1-16(2)24-9-17(25-16)4-3-5-23(8-17)14-11-6-10(19)7-12(20)13(11)21-15(18)22-14/h6-7H,3-5,8-9H2,1-2H3. The molecule has 8 heteroatoms. The second kappa shape index (κ2) is 5.72. The second-order valence-corrected chi connectivity index (χ2v) is 7.44. The van der Waals surface area contributed by atoms with Crippen LogP contribution in [0.5, 0.6) is 0 Å². The highest BCUT2D eigenvalue weighted by Crippen LogP contribution is 2.39. The molecule has 0 radical (unpaired) electrons. The summed E-state index contributed by atoms with van der Waals surface area (Å²) in [6, 6.07) is 2.03. The van der Waals surface area contributed by atoms with Gasteiger partial charge in [-0.1, -0.05) is 0 Å². The highest BCUT2D eigenvalue weighted by Gasteiger charge is 2.48. The van der Waals surface area contributed by atoms with E-state index >= 15 is 0 Å². The highest BCUT2D eigenvalue weighted by atomic mass is 35.5. The van der Waals surface area contributed by atoms with E-state index in [9.17, 15) is 8.78 Å². The number of aromatic nitrogens is 2.